The lowest BCUT2D eigenvalue weighted by Crippen LogP contribution is -2.34. The molecule has 0 unspecified atom stereocenters. The van der Waals surface area contributed by atoms with Crippen LogP contribution in [0.15, 0.2) is 48.5 Å². The Bertz CT molecular complexity index is 719. The molecule has 3 rings (SSSR count). The van der Waals surface area contributed by atoms with Crippen LogP contribution in [0.3, 0.4) is 0 Å². The van der Waals surface area contributed by atoms with Crippen LogP contribution in [0.2, 0.25) is 0 Å². The SMILES string of the molecule is CC(C)N1Cc2ccccc2/C(N)=C(/NN)c2ccccc21. The van der Waals surface area contributed by atoms with Crippen LogP contribution in [-0.4, -0.2) is 6.04 Å². The van der Waals surface area contributed by atoms with E-state index in [1.807, 2.05) is 24.3 Å². The van der Waals surface area contributed by atoms with Gasteiger partial charge >= 0.3 is 0 Å². The van der Waals surface area contributed by atoms with Gasteiger partial charge in [-0.25, -0.2) is 0 Å². The molecule has 2 aromatic rings. The van der Waals surface area contributed by atoms with E-state index < -0.39 is 0 Å². The fourth-order valence-electron chi connectivity index (χ4n) is 3.02. The summed E-state index contributed by atoms with van der Waals surface area (Å²) in [5.74, 6) is 5.80. The fourth-order valence-corrected chi connectivity index (χ4v) is 3.02. The zero-order valence-corrected chi connectivity index (χ0v) is 13.0. The molecule has 1 aliphatic rings. The molecule has 0 saturated heterocycles. The maximum Gasteiger partial charge on any atom is 0.0816 e. The molecule has 2 aromatic carbocycles. The van der Waals surface area contributed by atoms with Crippen LogP contribution < -0.4 is 21.9 Å². The first-order chi connectivity index (χ1) is 10.6. The van der Waals surface area contributed by atoms with Crippen LogP contribution >= 0.6 is 0 Å². The summed E-state index contributed by atoms with van der Waals surface area (Å²) in [6.07, 6.45) is 0. The molecule has 5 N–H and O–H groups in total. The predicted molar refractivity (Wildman–Crippen MR) is 92.5 cm³/mol. The summed E-state index contributed by atoms with van der Waals surface area (Å²) in [5.41, 5.74) is 15.1. The molecule has 0 radical (unpaired) electrons. The van der Waals surface area contributed by atoms with E-state index in [0.717, 1.165) is 29.1 Å². The Kier molecular flexibility index (Phi) is 3.77. The molecular formula is C18H22N4. The molecule has 4 heteroatoms. The third-order valence-corrected chi connectivity index (χ3v) is 4.17. The highest BCUT2D eigenvalue weighted by atomic mass is 15.2. The van der Waals surface area contributed by atoms with Crippen LogP contribution in [-0.2, 0) is 6.54 Å². The van der Waals surface area contributed by atoms with Gasteiger partial charge < -0.3 is 16.1 Å². The highest BCUT2D eigenvalue weighted by Crippen LogP contribution is 2.35. The first kappa shape index (κ1) is 14.5. The van der Waals surface area contributed by atoms with E-state index in [1.54, 1.807) is 0 Å². The van der Waals surface area contributed by atoms with Crippen LogP contribution in [0, 0.1) is 0 Å². The van der Waals surface area contributed by atoms with E-state index >= 15 is 0 Å². The van der Waals surface area contributed by atoms with Gasteiger partial charge in [0.05, 0.1) is 11.4 Å². The third kappa shape index (κ3) is 2.31. The van der Waals surface area contributed by atoms with Crippen molar-refractivity contribution in [1.29, 1.82) is 0 Å². The second-order valence-corrected chi connectivity index (χ2v) is 5.83. The zero-order chi connectivity index (χ0) is 15.7. The van der Waals surface area contributed by atoms with Crippen molar-refractivity contribution in [1.82, 2.24) is 5.43 Å². The monoisotopic (exact) mass is 294 g/mol. The first-order valence-corrected chi connectivity index (χ1v) is 7.54. The van der Waals surface area contributed by atoms with Gasteiger partial charge in [-0.05, 0) is 25.5 Å². The summed E-state index contributed by atoms with van der Waals surface area (Å²) in [6.45, 7) is 5.22. The van der Waals surface area contributed by atoms with Gasteiger partial charge in [-0.3, -0.25) is 5.84 Å². The molecule has 0 atom stereocenters. The average Bonchev–Trinajstić information content (AvgIpc) is 2.52. The highest BCUT2D eigenvalue weighted by molar-refractivity contribution is 5.93. The molecule has 114 valence electrons. The quantitative estimate of drug-likeness (QED) is 0.588. The van der Waals surface area contributed by atoms with Crippen molar-refractivity contribution in [2.45, 2.75) is 26.4 Å². The molecule has 0 saturated carbocycles. The van der Waals surface area contributed by atoms with Crippen molar-refractivity contribution in [2.75, 3.05) is 4.90 Å². The Balaban J connectivity index is 2.33. The van der Waals surface area contributed by atoms with Crippen molar-refractivity contribution in [2.24, 2.45) is 11.6 Å². The minimum Gasteiger partial charge on any atom is -0.396 e. The van der Waals surface area contributed by atoms with Gasteiger partial charge in [0.1, 0.15) is 0 Å². The molecule has 1 aliphatic heterocycles. The maximum atomic E-state index is 6.43. The van der Waals surface area contributed by atoms with Gasteiger partial charge in [0.25, 0.3) is 0 Å². The van der Waals surface area contributed by atoms with Crippen LogP contribution in [0.4, 0.5) is 5.69 Å². The number of anilines is 1. The molecule has 0 aliphatic carbocycles. The van der Waals surface area contributed by atoms with Crippen molar-refractivity contribution in [3.05, 3.63) is 65.2 Å². The number of hydrogen-bond donors (Lipinski definition) is 3. The summed E-state index contributed by atoms with van der Waals surface area (Å²) in [4.78, 5) is 2.37. The molecule has 0 fully saturated rings. The number of benzene rings is 2. The summed E-state index contributed by atoms with van der Waals surface area (Å²) in [7, 11) is 0. The molecule has 0 amide bonds. The number of nitrogens with two attached hydrogens (primary N) is 2. The van der Waals surface area contributed by atoms with E-state index in [0.29, 0.717) is 11.7 Å². The molecule has 22 heavy (non-hydrogen) atoms. The first-order valence-electron chi connectivity index (χ1n) is 7.54. The third-order valence-electron chi connectivity index (χ3n) is 4.17. The van der Waals surface area contributed by atoms with Gasteiger partial charge in [-0.15, -0.1) is 0 Å². The Morgan fingerprint density at radius 3 is 2.32 bits per heavy atom. The number of para-hydroxylation sites is 1. The smallest absolute Gasteiger partial charge is 0.0816 e. The topological polar surface area (TPSA) is 67.3 Å². The van der Waals surface area contributed by atoms with E-state index in [1.165, 1.54) is 5.56 Å². The van der Waals surface area contributed by atoms with E-state index in [9.17, 15) is 0 Å². The van der Waals surface area contributed by atoms with Crippen molar-refractivity contribution >= 4 is 17.1 Å². The van der Waals surface area contributed by atoms with Crippen LogP contribution in [0.5, 0.6) is 0 Å². The Morgan fingerprint density at radius 2 is 1.64 bits per heavy atom. The van der Waals surface area contributed by atoms with Crippen molar-refractivity contribution < 1.29 is 0 Å². The summed E-state index contributed by atoms with van der Waals surface area (Å²) in [5, 5.41) is 0. The Labute approximate surface area is 131 Å². The largest absolute Gasteiger partial charge is 0.396 e. The number of hydrazine groups is 1. The molecule has 0 aromatic heterocycles. The van der Waals surface area contributed by atoms with E-state index in [4.69, 9.17) is 11.6 Å². The number of hydrogen-bond acceptors (Lipinski definition) is 4. The fraction of sp³-hybridized carbons (Fsp3) is 0.222. The zero-order valence-electron chi connectivity index (χ0n) is 13.0. The van der Waals surface area contributed by atoms with Gasteiger partial charge in [-0.1, -0.05) is 42.5 Å². The summed E-state index contributed by atoms with van der Waals surface area (Å²) >= 11 is 0. The minimum absolute atomic E-state index is 0.368. The van der Waals surface area contributed by atoms with Gasteiger partial charge in [0.2, 0.25) is 0 Å². The van der Waals surface area contributed by atoms with E-state index in [-0.39, 0.29) is 0 Å². The lowest BCUT2D eigenvalue weighted by Gasteiger charge is -2.34. The second kappa shape index (κ2) is 5.73. The second-order valence-electron chi connectivity index (χ2n) is 5.83. The average molecular weight is 294 g/mol. The van der Waals surface area contributed by atoms with Crippen molar-refractivity contribution in [3.63, 3.8) is 0 Å². The normalized spacial score (nSPS) is 17.5. The molecule has 4 nitrogen and oxygen atoms in total. The van der Waals surface area contributed by atoms with Crippen LogP contribution in [0.1, 0.15) is 30.5 Å². The van der Waals surface area contributed by atoms with Gasteiger partial charge in [-0.2, -0.15) is 0 Å². The van der Waals surface area contributed by atoms with Crippen LogP contribution in [0.25, 0.3) is 11.4 Å². The number of rotatable bonds is 2. The number of nitrogens with zero attached hydrogens (tertiary/aromatic N) is 1. The van der Waals surface area contributed by atoms with E-state index in [2.05, 4.69) is 48.4 Å². The molecule has 0 bridgehead atoms. The lowest BCUT2D eigenvalue weighted by atomic mass is 9.96. The van der Waals surface area contributed by atoms with Gasteiger partial charge in [0, 0.05) is 29.4 Å². The highest BCUT2D eigenvalue weighted by Gasteiger charge is 2.23. The predicted octanol–water partition coefficient (Wildman–Crippen LogP) is 2.66. The van der Waals surface area contributed by atoms with Gasteiger partial charge in [0.15, 0.2) is 0 Å². The Hall–Kier alpha value is -2.46. The Morgan fingerprint density at radius 1 is 1.00 bits per heavy atom. The maximum absolute atomic E-state index is 6.43. The summed E-state index contributed by atoms with van der Waals surface area (Å²) < 4.78 is 0. The number of fused-ring (bicyclic) bond motifs is 2. The lowest BCUT2D eigenvalue weighted by molar-refractivity contribution is 0.679. The summed E-state index contributed by atoms with van der Waals surface area (Å²) in [6, 6.07) is 16.8. The molecule has 1 heterocycles. The number of nitrogens with one attached hydrogen (secondary N) is 1. The minimum atomic E-state index is 0.368. The molecular weight excluding hydrogens is 272 g/mol. The molecule has 0 spiro atoms. The standard InChI is InChI=1S/C18H22N4/c1-12(2)22-11-13-7-3-4-8-14(13)17(19)18(21-20)15-9-5-6-10-16(15)22/h3-10,12,21H,11,19-20H2,1-2H3/b18-17-. The van der Waals surface area contributed by atoms with Crippen molar-refractivity contribution in [3.8, 4) is 0 Å².